The van der Waals surface area contributed by atoms with E-state index in [0.717, 1.165) is 73.4 Å². The molecule has 0 spiro atoms. The van der Waals surface area contributed by atoms with Gasteiger partial charge < -0.3 is 4.42 Å². The van der Waals surface area contributed by atoms with Gasteiger partial charge in [0.05, 0.1) is 0 Å². The molecule has 0 unspecified atom stereocenters. The Morgan fingerprint density at radius 2 is 0.925 bits per heavy atom. The summed E-state index contributed by atoms with van der Waals surface area (Å²) in [6.45, 7) is 0. The van der Waals surface area contributed by atoms with Crippen LogP contribution < -0.4 is 0 Å². The fourth-order valence-corrected chi connectivity index (χ4v) is 7.60. The molecule has 1 aliphatic carbocycles. The molecule has 0 radical (unpaired) electrons. The highest BCUT2D eigenvalue weighted by Crippen LogP contribution is 2.42. The average Bonchev–Trinajstić information content (AvgIpc) is 3.64. The van der Waals surface area contributed by atoms with Gasteiger partial charge in [0.1, 0.15) is 11.2 Å². The summed E-state index contributed by atoms with van der Waals surface area (Å²) < 4.78 is 6.70. The molecule has 7 aromatic carbocycles. The molecule has 4 heteroatoms. The Morgan fingerprint density at radius 1 is 0.396 bits per heavy atom. The second-order valence-electron chi connectivity index (χ2n) is 13.4. The lowest BCUT2D eigenvalue weighted by Gasteiger charge is -2.14. The maximum Gasteiger partial charge on any atom is 0.164 e. The largest absolute Gasteiger partial charge is 0.455 e. The smallest absolute Gasteiger partial charge is 0.164 e. The minimum Gasteiger partial charge on any atom is -0.455 e. The summed E-state index contributed by atoms with van der Waals surface area (Å²) in [5, 5.41) is 4.27. The molecule has 1 aliphatic rings. The molecule has 250 valence electrons. The van der Waals surface area contributed by atoms with Gasteiger partial charge in [0.15, 0.2) is 17.5 Å². The lowest BCUT2D eigenvalue weighted by atomic mass is 9.94. The van der Waals surface area contributed by atoms with Crippen molar-refractivity contribution in [2.24, 2.45) is 0 Å². The predicted octanol–water partition coefficient (Wildman–Crippen LogP) is 13.0. The van der Waals surface area contributed by atoms with Crippen molar-refractivity contribution in [3.63, 3.8) is 0 Å². The molecule has 53 heavy (non-hydrogen) atoms. The van der Waals surface area contributed by atoms with E-state index in [-0.39, 0.29) is 0 Å². The van der Waals surface area contributed by atoms with Crippen LogP contribution in [-0.4, -0.2) is 15.0 Å². The summed E-state index contributed by atoms with van der Waals surface area (Å²) >= 11 is 0. The van der Waals surface area contributed by atoms with Crippen LogP contribution in [0.25, 0.3) is 94.4 Å². The van der Waals surface area contributed by atoms with Gasteiger partial charge >= 0.3 is 0 Å². The Bertz CT molecular complexity index is 2870. The highest BCUT2D eigenvalue weighted by Gasteiger charge is 2.22. The number of furan rings is 1. The van der Waals surface area contributed by atoms with Gasteiger partial charge in [-0.05, 0) is 75.7 Å². The molecule has 0 saturated carbocycles. The summed E-state index contributed by atoms with van der Waals surface area (Å²) in [7, 11) is 0. The Labute approximate surface area is 307 Å². The predicted molar refractivity (Wildman–Crippen MR) is 218 cm³/mol. The van der Waals surface area contributed by atoms with E-state index in [9.17, 15) is 0 Å². The van der Waals surface area contributed by atoms with Gasteiger partial charge in [-0.3, -0.25) is 0 Å². The van der Waals surface area contributed by atoms with Crippen LogP contribution in [-0.2, 0) is 0 Å². The SMILES string of the molecule is C1=CC(c2nc(-c3ccc(-c4ccccc4)c4ccccc34)nc(-c3ccc(-c4ccc(-c5ccccc5)cc4)c4oc5ccccc5c34)n2)=CCC1. The first kappa shape index (κ1) is 30.9. The van der Waals surface area contributed by atoms with Crippen LogP contribution in [0.2, 0.25) is 0 Å². The summed E-state index contributed by atoms with van der Waals surface area (Å²) in [4.78, 5) is 15.7. The number of fused-ring (bicyclic) bond motifs is 4. The van der Waals surface area contributed by atoms with Gasteiger partial charge in [0.25, 0.3) is 0 Å². The van der Waals surface area contributed by atoms with Gasteiger partial charge in [-0.2, -0.15) is 0 Å². The molecule has 9 aromatic rings. The van der Waals surface area contributed by atoms with Crippen molar-refractivity contribution in [2.45, 2.75) is 12.8 Å². The van der Waals surface area contributed by atoms with Gasteiger partial charge in [-0.15, -0.1) is 0 Å². The first-order chi connectivity index (χ1) is 26.3. The lowest BCUT2D eigenvalue weighted by molar-refractivity contribution is 0.670. The van der Waals surface area contributed by atoms with E-state index in [1.807, 2.05) is 18.2 Å². The zero-order chi connectivity index (χ0) is 35.1. The van der Waals surface area contributed by atoms with E-state index in [2.05, 4.69) is 158 Å². The lowest BCUT2D eigenvalue weighted by Crippen LogP contribution is -2.04. The second kappa shape index (κ2) is 13.0. The van der Waals surface area contributed by atoms with Gasteiger partial charge in [0, 0.05) is 33.0 Å². The van der Waals surface area contributed by atoms with Crippen molar-refractivity contribution in [3.8, 4) is 56.2 Å². The van der Waals surface area contributed by atoms with E-state index < -0.39 is 0 Å². The summed E-state index contributed by atoms with van der Waals surface area (Å²) in [6.07, 6.45) is 8.52. The zero-order valence-corrected chi connectivity index (χ0v) is 28.9. The molecule has 4 nitrogen and oxygen atoms in total. The summed E-state index contributed by atoms with van der Waals surface area (Å²) in [6, 6.07) is 55.1. The third-order valence-corrected chi connectivity index (χ3v) is 10.2. The monoisotopic (exact) mass is 679 g/mol. The number of aromatic nitrogens is 3. The molecular weight excluding hydrogens is 647 g/mol. The quantitative estimate of drug-likeness (QED) is 0.175. The number of rotatable bonds is 6. The highest BCUT2D eigenvalue weighted by atomic mass is 16.3. The fourth-order valence-electron chi connectivity index (χ4n) is 7.60. The van der Waals surface area contributed by atoms with E-state index in [1.54, 1.807) is 0 Å². The molecule has 0 bridgehead atoms. The van der Waals surface area contributed by atoms with Crippen LogP contribution in [0.1, 0.15) is 18.7 Å². The van der Waals surface area contributed by atoms with Gasteiger partial charge in [-0.25, -0.2) is 15.0 Å². The maximum atomic E-state index is 6.70. The van der Waals surface area contributed by atoms with Crippen molar-refractivity contribution < 1.29 is 4.42 Å². The maximum absolute atomic E-state index is 6.70. The molecule has 2 heterocycles. The third kappa shape index (κ3) is 5.53. The van der Waals surface area contributed by atoms with E-state index in [0.29, 0.717) is 17.5 Å². The van der Waals surface area contributed by atoms with Gasteiger partial charge in [0.2, 0.25) is 0 Å². The molecule has 10 rings (SSSR count). The molecule has 0 saturated heterocycles. The number of benzene rings is 7. The van der Waals surface area contributed by atoms with Crippen LogP contribution in [0, 0.1) is 0 Å². The van der Waals surface area contributed by atoms with Crippen molar-refractivity contribution in [1.82, 2.24) is 15.0 Å². The highest BCUT2D eigenvalue weighted by molar-refractivity contribution is 6.16. The van der Waals surface area contributed by atoms with E-state index >= 15 is 0 Å². The fraction of sp³-hybridized carbons (Fsp3) is 0.0408. The van der Waals surface area contributed by atoms with Crippen LogP contribution in [0.4, 0.5) is 0 Å². The van der Waals surface area contributed by atoms with E-state index in [1.165, 1.54) is 22.3 Å². The Balaban J connectivity index is 1.18. The first-order valence-electron chi connectivity index (χ1n) is 18.1. The Hall–Kier alpha value is -6.91. The number of hydrogen-bond donors (Lipinski definition) is 0. The minimum absolute atomic E-state index is 0.614. The normalized spacial score (nSPS) is 12.8. The van der Waals surface area contributed by atoms with Crippen LogP contribution in [0.15, 0.2) is 180 Å². The Kier molecular flexibility index (Phi) is 7.58. The number of hydrogen-bond acceptors (Lipinski definition) is 4. The third-order valence-electron chi connectivity index (χ3n) is 10.2. The molecule has 0 aliphatic heterocycles. The zero-order valence-electron chi connectivity index (χ0n) is 28.9. The molecule has 2 aromatic heterocycles. The standard InChI is InChI=1S/C49H33N3O/c1-4-14-32(15-5-1)33-24-26-35(27-25-33)38-29-31-43(45-42-22-12-13-23-44(42)53-46(38)45)49-51-47(36-18-8-3-9-19-36)50-48(52-49)41-30-28-37(34-16-6-2-7-17-34)39-20-10-11-21-40(39)41/h1-2,4-8,10-31H,3,9H2. The molecule has 0 amide bonds. The molecule has 0 fully saturated rings. The second-order valence-corrected chi connectivity index (χ2v) is 13.4. The summed E-state index contributed by atoms with van der Waals surface area (Å²) in [5.41, 5.74) is 11.3. The minimum atomic E-state index is 0.614. The van der Waals surface area contributed by atoms with Crippen molar-refractivity contribution >= 4 is 38.3 Å². The number of allylic oxidation sites excluding steroid dienone is 4. The van der Waals surface area contributed by atoms with Crippen molar-refractivity contribution in [3.05, 3.63) is 182 Å². The average molecular weight is 680 g/mol. The first-order valence-corrected chi connectivity index (χ1v) is 18.1. The van der Waals surface area contributed by atoms with Crippen molar-refractivity contribution in [2.75, 3.05) is 0 Å². The number of nitrogens with zero attached hydrogens (tertiary/aromatic N) is 3. The molecule has 0 N–H and O–H groups in total. The topological polar surface area (TPSA) is 51.8 Å². The van der Waals surface area contributed by atoms with E-state index in [4.69, 9.17) is 19.4 Å². The molecule has 0 atom stereocenters. The van der Waals surface area contributed by atoms with Crippen LogP contribution in [0.5, 0.6) is 0 Å². The van der Waals surface area contributed by atoms with Crippen molar-refractivity contribution in [1.29, 1.82) is 0 Å². The number of para-hydroxylation sites is 1. The van der Waals surface area contributed by atoms with Gasteiger partial charge in [-0.1, -0.05) is 152 Å². The Morgan fingerprint density at radius 3 is 1.66 bits per heavy atom. The van der Waals surface area contributed by atoms with Crippen LogP contribution in [0.3, 0.4) is 0 Å². The molecular formula is C49H33N3O. The van der Waals surface area contributed by atoms with Crippen LogP contribution >= 0.6 is 0 Å². The summed E-state index contributed by atoms with van der Waals surface area (Å²) in [5.74, 6) is 1.92.